The predicted octanol–water partition coefficient (Wildman–Crippen LogP) is 1.58. The molecule has 0 aromatic heterocycles. The molecular weight excluding hydrogens is 311 g/mol. The summed E-state index contributed by atoms with van der Waals surface area (Å²) < 4.78 is 18.5. The van der Waals surface area contributed by atoms with Gasteiger partial charge in [0.25, 0.3) is 0 Å². The summed E-state index contributed by atoms with van der Waals surface area (Å²) in [6, 6.07) is 6.13. The third kappa shape index (κ3) is 5.27. The van der Waals surface area contributed by atoms with Crippen LogP contribution in [0.2, 0.25) is 0 Å². The fraction of sp³-hybridized carbons (Fsp3) is 0.444. The first kappa shape index (κ1) is 17.8. The zero-order valence-corrected chi connectivity index (χ0v) is 13.7. The van der Waals surface area contributed by atoms with Crippen LogP contribution in [-0.2, 0) is 9.59 Å². The van der Waals surface area contributed by atoms with E-state index in [-0.39, 0.29) is 36.6 Å². The average molecular weight is 332 g/mol. The second kappa shape index (κ2) is 8.92. The van der Waals surface area contributed by atoms with Gasteiger partial charge in [-0.15, -0.1) is 0 Å². The molecule has 1 saturated heterocycles. The highest BCUT2D eigenvalue weighted by Crippen LogP contribution is 2.17. The third-order valence-electron chi connectivity index (χ3n) is 3.92. The van der Waals surface area contributed by atoms with Gasteiger partial charge in [-0.2, -0.15) is 0 Å². The van der Waals surface area contributed by atoms with Crippen molar-refractivity contribution in [3.05, 3.63) is 30.1 Å². The normalized spacial score (nSPS) is 14.5. The van der Waals surface area contributed by atoms with Crippen LogP contribution >= 0.6 is 0 Å². The van der Waals surface area contributed by atoms with E-state index in [4.69, 9.17) is 4.74 Å². The van der Waals surface area contributed by atoms with Crippen LogP contribution in [0.15, 0.2) is 24.3 Å². The Kier molecular flexibility index (Phi) is 6.62. The number of piperidine rings is 1. The van der Waals surface area contributed by atoms with Gasteiger partial charge >= 0.3 is 0 Å². The van der Waals surface area contributed by atoms with Crippen molar-refractivity contribution in [1.82, 2.24) is 10.2 Å². The summed E-state index contributed by atoms with van der Waals surface area (Å²) in [5, 5.41) is 2.76. The third-order valence-corrected chi connectivity index (χ3v) is 3.92. The lowest BCUT2D eigenvalue weighted by atomic mass is 9.96. The number of amides is 2. The maximum atomic E-state index is 13.3. The Morgan fingerprint density at radius 1 is 1.29 bits per heavy atom. The molecule has 1 aromatic rings. The van der Waals surface area contributed by atoms with Gasteiger partial charge in [0.05, 0.1) is 6.54 Å². The Morgan fingerprint density at radius 2 is 2.00 bits per heavy atom. The molecule has 0 atom stereocenters. The SMILES string of the molecule is CC(=O)N1CCC(C(=O)NCC#CCOc2ccccc2F)CC1. The Morgan fingerprint density at radius 3 is 2.67 bits per heavy atom. The molecule has 0 bridgehead atoms. The number of rotatable bonds is 4. The maximum Gasteiger partial charge on any atom is 0.223 e. The highest BCUT2D eigenvalue weighted by molar-refractivity contribution is 5.79. The van der Waals surface area contributed by atoms with Crippen LogP contribution in [0.25, 0.3) is 0 Å². The van der Waals surface area contributed by atoms with E-state index in [1.165, 1.54) is 12.1 Å². The van der Waals surface area contributed by atoms with E-state index < -0.39 is 5.82 Å². The van der Waals surface area contributed by atoms with Crippen molar-refractivity contribution in [1.29, 1.82) is 0 Å². The minimum atomic E-state index is -0.426. The Hall–Kier alpha value is -2.55. The van der Waals surface area contributed by atoms with E-state index in [0.29, 0.717) is 25.9 Å². The highest BCUT2D eigenvalue weighted by atomic mass is 19.1. The Labute approximate surface area is 141 Å². The molecule has 2 rings (SSSR count). The van der Waals surface area contributed by atoms with Crippen LogP contribution in [0.5, 0.6) is 5.75 Å². The van der Waals surface area contributed by atoms with E-state index in [2.05, 4.69) is 17.2 Å². The van der Waals surface area contributed by atoms with Crippen molar-refractivity contribution in [2.75, 3.05) is 26.2 Å². The van der Waals surface area contributed by atoms with Gasteiger partial charge in [-0.3, -0.25) is 9.59 Å². The zero-order valence-electron chi connectivity index (χ0n) is 13.7. The van der Waals surface area contributed by atoms with Crippen molar-refractivity contribution < 1.29 is 18.7 Å². The van der Waals surface area contributed by atoms with Crippen LogP contribution < -0.4 is 10.1 Å². The summed E-state index contributed by atoms with van der Waals surface area (Å²) in [4.78, 5) is 25.0. The number of halogens is 1. The monoisotopic (exact) mass is 332 g/mol. The van der Waals surface area contributed by atoms with Crippen molar-refractivity contribution in [3.63, 3.8) is 0 Å². The minimum Gasteiger partial charge on any atom is -0.478 e. The lowest BCUT2D eigenvalue weighted by Gasteiger charge is -2.30. The van der Waals surface area contributed by atoms with Crippen molar-refractivity contribution in [2.24, 2.45) is 5.92 Å². The number of nitrogens with one attached hydrogen (secondary N) is 1. The molecule has 1 heterocycles. The molecule has 1 aromatic carbocycles. The van der Waals surface area contributed by atoms with E-state index in [1.54, 1.807) is 24.0 Å². The molecule has 2 amide bonds. The molecule has 0 saturated carbocycles. The van der Waals surface area contributed by atoms with Gasteiger partial charge in [0.15, 0.2) is 11.6 Å². The summed E-state index contributed by atoms with van der Waals surface area (Å²) in [7, 11) is 0. The molecule has 5 nitrogen and oxygen atoms in total. The standard InChI is InChI=1S/C18H21FN2O3/c1-14(22)21-11-8-15(9-12-21)18(23)20-10-4-5-13-24-17-7-3-2-6-16(17)19/h2-3,6-7,15H,8-13H2,1H3,(H,20,23). The van der Waals surface area contributed by atoms with E-state index in [9.17, 15) is 14.0 Å². The van der Waals surface area contributed by atoms with Crippen LogP contribution in [0.1, 0.15) is 19.8 Å². The van der Waals surface area contributed by atoms with E-state index in [1.807, 2.05) is 0 Å². The molecule has 6 heteroatoms. The molecule has 0 aliphatic carbocycles. The minimum absolute atomic E-state index is 0.0393. The summed E-state index contributed by atoms with van der Waals surface area (Å²) in [5.41, 5.74) is 0. The van der Waals surface area contributed by atoms with Gasteiger partial charge in [-0.25, -0.2) is 4.39 Å². The summed E-state index contributed by atoms with van der Waals surface area (Å²) in [6.07, 6.45) is 1.35. The number of likely N-dealkylation sites (tertiary alicyclic amines) is 1. The fourth-order valence-electron chi connectivity index (χ4n) is 2.52. The Balaban J connectivity index is 1.65. The second-order valence-corrected chi connectivity index (χ2v) is 5.57. The first-order valence-electron chi connectivity index (χ1n) is 7.94. The molecule has 1 N–H and O–H groups in total. The molecule has 1 aliphatic rings. The van der Waals surface area contributed by atoms with Crippen molar-refractivity contribution >= 4 is 11.8 Å². The van der Waals surface area contributed by atoms with Gasteiger partial charge in [0.2, 0.25) is 11.8 Å². The smallest absolute Gasteiger partial charge is 0.223 e. The number of carbonyl (C=O) groups is 2. The number of ether oxygens (including phenoxy) is 1. The molecule has 128 valence electrons. The second-order valence-electron chi connectivity index (χ2n) is 5.57. The first-order chi connectivity index (χ1) is 11.6. The van der Waals surface area contributed by atoms with E-state index in [0.717, 1.165) is 0 Å². The Bertz CT molecular complexity index is 643. The molecular formula is C18H21FN2O3. The van der Waals surface area contributed by atoms with Gasteiger partial charge < -0.3 is 15.0 Å². The van der Waals surface area contributed by atoms with Crippen LogP contribution in [0.4, 0.5) is 4.39 Å². The molecule has 0 spiro atoms. The quantitative estimate of drug-likeness (QED) is 0.852. The topological polar surface area (TPSA) is 58.6 Å². The number of hydrogen-bond acceptors (Lipinski definition) is 3. The number of hydrogen-bond donors (Lipinski definition) is 1. The lowest BCUT2D eigenvalue weighted by Crippen LogP contribution is -2.42. The average Bonchev–Trinajstić information content (AvgIpc) is 2.59. The lowest BCUT2D eigenvalue weighted by molar-refractivity contribution is -0.133. The van der Waals surface area contributed by atoms with Crippen molar-refractivity contribution in [2.45, 2.75) is 19.8 Å². The molecule has 24 heavy (non-hydrogen) atoms. The number of benzene rings is 1. The molecule has 0 radical (unpaired) electrons. The van der Waals surface area contributed by atoms with E-state index >= 15 is 0 Å². The maximum absolute atomic E-state index is 13.3. The summed E-state index contributed by atoms with van der Waals surface area (Å²) in [5.74, 6) is 5.19. The summed E-state index contributed by atoms with van der Waals surface area (Å²) >= 11 is 0. The molecule has 1 fully saturated rings. The van der Waals surface area contributed by atoms with Gasteiger partial charge in [-0.1, -0.05) is 24.0 Å². The summed E-state index contributed by atoms with van der Waals surface area (Å²) in [6.45, 7) is 3.07. The number of para-hydroxylation sites is 1. The van der Waals surface area contributed by atoms with Gasteiger partial charge in [0, 0.05) is 25.9 Å². The number of nitrogens with zero attached hydrogens (tertiary/aromatic N) is 1. The first-order valence-corrected chi connectivity index (χ1v) is 7.94. The van der Waals surface area contributed by atoms with Gasteiger partial charge in [0.1, 0.15) is 6.61 Å². The molecule has 0 unspecified atom stereocenters. The van der Waals surface area contributed by atoms with Crippen LogP contribution in [-0.4, -0.2) is 43.0 Å². The van der Waals surface area contributed by atoms with Crippen LogP contribution in [0, 0.1) is 23.6 Å². The molecule has 1 aliphatic heterocycles. The largest absolute Gasteiger partial charge is 0.478 e. The van der Waals surface area contributed by atoms with Crippen molar-refractivity contribution in [3.8, 4) is 17.6 Å². The fourth-order valence-corrected chi connectivity index (χ4v) is 2.52. The zero-order chi connectivity index (χ0) is 17.4. The van der Waals surface area contributed by atoms with Crippen LogP contribution in [0.3, 0.4) is 0 Å². The predicted molar refractivity (Wildman–Crippen MR) is 87.7 cm³/mol. The van der Waals surface area contributed by atoms with Gasteiger partial charge in [-0.05, 0) is 25.0 Å². The highest BCUT2D eigenvalue weighted by Gasteiger charge is 2.25. The number of carbonyl (C=O) groups excluding carboxylic acids is 2.